The van der Waals surface area contributed by atoms with Crippen LogP contribution >= 0.6 is 0 Å². The quantitative estimate of drug-likeness (QED) is 0.0945. The largest absolute Gasteiger partial charge is 0.334 e. The molecule has 0 unspecified atom stereocenters. The molecule has 5 aromatic carbocycles. The van der Waals surface area contributed by atoms with Gasteiger partial charge in [-0.2, -0.15) is 4.91 Å². The lowest BCUT2D eigenvalue weighted by Crippen LogP contribution is -2.39. The van der Waals surface area contributed by atoms with Crippen LogP contribution in [0.3, 0.4) is 0 Å². The van der Waals surface area contributed by atoms with Crippen LogP contribution in [0.25, 0.3) is 22.5 Å². The summed E-state index contributed by atoms with van der Waals surface area (Å²) in [5.74, 6) is 0.645. The van der Waals surface area contributed by atoms with Crippen molar-refractivity contribution in [2.24, 2.45) is 5.18 Å². The molecule has 1 heterocycles. The van der Waals surface area contributed by atoms with Gasteiger partial charge in [-0.1, -0.05) is 152 Å². The summed E-state index contributed by atoms with van der Waals surface area (Å²) < 4.78 is 1.94. The van der Waals surface area contributed by atoms with Crippen molar-refractivity contribution >= 4 is 5.91 Å². The summed E-state index contributed by atoms with van der Waals surface area (Å²) in [7, 11) is 0. The number of rotatable bonds is 13. The molecule has 1 aromatic heterocycles. The van der Waals surface area contributed by atoms with Crippen LogP contribution in [0.2, 0.25) is 0 Å². The van der Waals surface area contributed by atoms with E-state index in [4.69, 9.17) is 5.21 Å². The third-order valence-electron chi connectivity index (χ3n) is 8.80. The van der Waals surface area contributed by atoms with E-state index in [-0.39, 0.29) is 18.5 Å². The van der Waals surface area contributed by atoms with Gasteiger partial charge in [0.05, 0.1) is 6.04 Å². The first-order valence-corrected chi connectivity index (χ1v) is 16.3. The molecular formula is C40H38N6O2. The van der Waals surface area contributed by atoms with Crippen LogP contribution < -0.4 is 0 Å². The van der Waals surface area contributed by atoms with E-state index in [0.29, 0.717) is 18.8 Å². The summed E-state index contributed by atoms with van der Waals surface area (Å²) in [6, 6.07) is 47.1. The third kappa shape index (κ3) is 6.29. The van der Waals surface area contributed by atoms with Gasteiger partial charge in [-0.05, 0) is 57.2 Å². The zero-order chi connectivity index (χ0) is 33.3. The van der Waals surface area contributed by atoms with Gasteiger partial charge < -0.3 is 4.90 Å². The zero-order valence-electron chi connectivity index (χ0n) is 27.2. The van der Waals surface area contributed by atoms with Gasteiger partial charge in [0.1, 0.15) is 12.1 Å². The summed E-state index contributed by atoms with van der Waals surface area (Å²) in [6.45, 7) is 4.31. The smallest absolute Gasteiger partial charge is 0.223 e. The van der Waals surface area contributed by atoms with Gasteiger partial charge in [-0.15, -0.1) is 5.10 Å². The van der Waals surface area contributed by atoms with E-state index in [1.807, 2.05) is 97.4 Å². The predicted octanol–water partition coefficient (Wildman–Crippen LogP) is 8.13. The molecule has 0 aliphatic heterocycles. The van der Waals surface area contributed by atoms with Crippen LogP contribution in [0.1, 0.15) is 48.9 Å². The fraction of sp³-hybridized carbons (Fsp3) is 0.200. The van der Waals surface area contributed by atoms with Crippen LogP contribution in [-0.4, -0.2) is 43.6 Å². The molecule has 0 aliphatic rings. The van der Waals surface area contributed by atoms with Gasteiger partial charge in [0.15, 0.2) is 5.82 Å². The van der Waals surface area contributed by atoms with E-state index in [1.165, 1.54) is 0 Å². The summed E-state index contributed by atoms with van der Waals surface area (Å²) in [5.41, 5.74) is 6.02. The van der Waals surface area contributed by atoms with Gasteiger partial charge >= 0.3 is 0 Å². The highest BCUT2D eigenvalue weighted by molar-refractivity contribution is 5.81. The molecule has 8 heteroatoms. The molecule has 1 atom stereocenters. The second-order valence-corrected chi connectivity index (χ2v) is 11.9. The van der Waals surface area contributed by atoms with Crippen molar-refractivity contribution in [1.29, 1.82) is 0 Å². The van der Waals surface area contributed by atoms with Crippen LogP contribution in [-0.2, 0) is 16.9 Å². The first-order valence-electron chi connectivity index (χ1n) is 16.3. The van der Waals surface area contributed by atoms with E-state index >= 15 is 0 Å². The van der Waals surface area contributed by atoms with Gasteiger partial charge in [0.2, 0.25) is 5.91 Å². The summed E-state index contributed by atoms with van der Waals surface area (Å²) >= 11 is 0. The molecule has 0 bridgehead atoms. The van der Waals surface area contributed by atoms with Crippen molar-refractivity contribution in [2.75, 3.05) is 6.54 Å². The number of benzene rings is 5. The molecule has 6 aromatic rings. The molecule has 0 N–H and O–H groups in total. The van der Waals surface area contributed by atoms with Gasteiger partial charge in [-0.25, -0.2) is 4.68 Å². The normalized spacial score (nSPS) is 12.0. The number of amides is 1. The third-order valence-corrected chi connectivity index (χ3v) is 8.80. The first-order chi connectivity index (χ1) is 23.6. The lowest BCUT2D eigenvalue weighted by atomic mass is 9.77. The Balaban J connectivity index is 1.46. The Hall–Kier alpha value is -5.76. The molecule has 0 fully saturated rings. The molecule has 0 saturated heterocycles. The van der Waals surface area contributed by atoms with E-state index in [2.05, 4.69) is 76.2 Å². The lowest BCUT2D eigenvalue weighted by Gasteiger charge is -2.36. The van der Waals surface area contributed by atoms with E-state index in [0.717, 1.165) is 45.4 Å². The van der Waals surface area contributed by atoms with Crippen LogP contribution in [0.5, 0.6) is 0 Å². The highest BCUT2D eigenvalue weighted by Gasteiger charge is 2.42. The predicted molar refractivity (Wildman–Crippen MR) is 189 cm³/mol. The van der Waals surface area contributed by atoms with Gasteiger partial charge in [-0.3, -0.25) is 4.79 Å². The molecule has 0 spiro atoms. The number of carbonyl (C=O) groups is 1. The molecule has 6 rings (SSSR count). The zero-order valence-corrected chi connectivity index (χ0v) is 27.2. The maximum absolute atomic E-state index is 12.9. The fourth-order valence-corrected chi connectivity index (χ4v) is 6.46. The first kappa shape index (κ1) is 32.2. The Morgan fingerprint density at radius 3 is 1.79 bits per heavy atom. The molecule has 48 heavy (non-hydrogen) atoms. The van der Waals surface area contributed by atoms with Crippen molar-refractivity contribution in [3.63, 3.8) is 0 Å². The Morgan fingerprint density at radius 1 is 0.750 bits per heavy atom. The highest BCUT2D eigenvalue weighted by atomic mass is 16.3. The van der Waals surface area contributed by atoms with Crippen LogP contribution in [0.4, 0.5) is 0 Å². The van der Waals surface area contributed by atoms with Crippen molar-refractivity contribution in [1.82, 2.24) is 25.1 Å². The minimum Gasteiger partial charge on any atom is -0.334 e. The Morgan fingerprint density at radius 2 is 1.27 bits per heavy atom. The highest BCUT2D eigenvalue weighted by Crippen LogP contribution is 2.43. The van der Waals surface area contributed by atoms with Crippen molar-refractivity contribution in [3.05, 3.63) is 167 Å². The Labute approximate surface area is 281 Å². The maximum atomic E-state index is 12.9. The van der Waals surface area contributed by atoms with Crippen LogP contribution in [0, 0.1) is 4.91 Å². The minimum absolute atomic E-state index is 0.0219. The number of carbonyl (C=O) groups excluding carboxylic acids is 1. The Kier molecular flexibility index (Phi) is 9.91. The van der Waals surface area contributed by atoms with E-state index in [9.17, 15) is 9.70 Å². The molecule has 8 nitrogen and oxygen atoms in total. The SMILES string of the molecule is CCCC(=O)N(Cc1ccc(-c2ccccc2-c2nnnn2C(c2ccccc2)(c2ccccc2)c2ccccc2)cc1)[C@@H](C)CN=O. The lowest BCUT2D eigenvalue weighted by molar-refractivity contribution is -0.133. The minimum atomic E-state index is -0.874. The molecule has 0 aliphatic carbocycles. The number of hydrogen-bond donors (Lipinski definition) is 0. The molecule has 240 valence electrons. The Bertz CT molecular complexity index is 1850. The van der Waals surface area contributed by atoms with Gasteiger partial charge in [0, 0.05) is 18.5 Å². The standard InChI is InChI=1S/C40H38N6O2/c1-3-15-38(47)45(30(2)28-41-48)29-31-24-26-32(27-25-31)36-22-13-14-23-37(36)39-42-43-44-46(39)40(33-16-7-4-8-17-33,34-18-9-5-10-19-34)35-20-11-6-12-21-35/h4-14,16-27,30H,3,15,28-29H2,1-2H3/t30-/m0/s1. The van der Waals surface area contributed by atoms with E-state index in [1.54, 1.807) is 4.90 Å². The van der Waals surface area contributed by atoms with Crippen molar-refractivity contribution < 1.29 is 4.79 Å². The number of nitrogens with zero attached hydrogens (tertiary/aromatic N) is 6. The molecule has 0 saturated carbocycles. The maximum Gasteiger partial charge on any atom is 0.223 e. The number of tetrazole rings is 1. The fourth-order valence-electron chi connectivity index (χ4n) is 6.46. The summed E-state index contributed by atoms with van der Waals surface area (Å²) in [5, 5.41) is 16.7. The topological polar surface area (TPSA) is 93.3 Å². The molecule has 1 amide bonds. The average molecular weight is 635 g/mol. The number of nitroso groups, excluding NO2 is 1. The number of hydrogen-bond acceptors (Lipinski definition) is 6. The monoisotopic (exact) mass is 634 g/mol. The van der Waals surface area contributed by atoms with Crippen LogP contribution in [0.15, 0.2) is 145 Å². The number of aromatic nitrogens is 4. The summed E-state index contributed by atoms with van der Waals surface area (Å²) in [6.07, 6.45) is 1.17. The van der Waals surface area contributed by atoms with Crippen molar-refractivity contribution in [2.45, 2.75) is 44.8 Å². The molecular weight excluding hydrogens is 596 g/mol. The van der Waals surface area contributed by atoms with Crippen molar-refractivity contribution in [3.8, 4) is 22.5 Å². The second kappa shape index (κ2) is 14.8. The molecule has 0 radical (unpaired) electrons. The van der Waals surface area contributed by atoms with Gasteiger partial charge in [0.25, 0.3) is 0 Å². The second-order valence-electron chi connectivity index (χ2n) is 11.9. The summed E-state index contributed by atoms with van der Waals surface area (Å²) in [4.78, 5) is 25.7. The average Bonchev–Trinajstić information content (AvgIpc) is 3.63. The van der Waals surface area contributed by atoms with E-state index < -0.39 is 5.54 Å².